The second-order valence-electron chi connectivity index (χ2n) is 5.77. The molecular weight excluding hydrogens is 454 g/mol. The molecule has 3 aromatic rings. The van der Waals surface area contributed by atoms with Gasteiger partial charge in [0.1, 0.15) is 0 Å². The van der Waals surface area contributed by atoms with E-state index in [2.05, 4.69) is 20.9 Å². The number of hydrogen-bond donors (Lipinski definition) is 1. The van der Waals surface area contributed by atoms with Crippen LogP contribution in [0.1, 0.15) is 21.6 Å². The molecule has 0 saturated carbocycles. The predicted molar refractivity (Wildman–Crippen MR) is 100 cm³/mol. The van der Waals surface area contributed by atoms with Crippen molar-refractivity contribution in [2.75, 3.05) is 0 Å². The minimum Gasteiger partial charge on any atom is -0.358 e. The molecule has 1 N–H and O–H groups in total. The molecule has 0 amide bonds. The van der Waals surface area contributed by atoms with Gasteiger partial charge in [-0.3, -0.25) is 4.79 Å². The molecule has 0 aliphatic rings. The summed E-state index contributed by atoms with van der Waals surface area (Å²) in [5.74, 6) is -1.86. The van der Waals surface area contributed by atoms with Crippen LogP contribution in [0.5, 0.6) is 0 Å². The first kappa shape index (κ1) is 19.3. The van der Waals surface area contributed by atoms with Crippen LogP contribution in [0.15, 0.2) is 40.9 Å². The fourth-order valence-electron chi connectivity index (χ4n) is 2.84. The van der Waals surface area contributed by atoms with E-state index in [4.69, 9.17) is 23.2 Å². The lowest BCUT2D eigenvalue weighted by Crippen LogP contribution is -2.23. The molecule has 0 unspecified atom stereocenters. The van der Waals surface area contributed by atoms with Crippen LogP contribution >= 0.6 is 39.1 Å². The van der Waals surface area contributed by atoms with E-state index in [-0.39, 0.29) is 23.1 Å². The van der Waals surface area contributed by atoms with Crippen LogP contribution in [0.25, 0.3) is 10.9 Å². The number of aromatic nitrogens is 1. The van der Waals surface area contributed by atoms with E-state index in [1.807, 2.05) is 0 Å². The Balaban J connectivity index is 2.02. The highest BCUT2D eigenvalue weighted by molar-refractivity contribution is 9.10. The molecule has 136 valence electrons. The summed E-state index contributed by atoms with van der Waals surface area (Å²) < 4.78 is 39.9. The lowest BCUT2D eigenvalue weighted by Gasteiger charge is -2.08. The average Bonchev–Trinajstić information content (AvgIpc) is 2.87. The zero-order valence-corrected chi connectivity index (χ0v) is 16.2. The molecule has 2 nitrogen and oxygen atoms in total. The molecule has 0 aliphatic carbocycles. The molecule has 0 saturated heterocycles. The molecule has 0 radical (unpaired) electrons. The number of rotatable bonds is 4. The summed E-state index contributed by atoms with van der Waals surface area (Å²) in [6.07, 6.45) is -4.36. The monoisotopic (exact) mass is 463 g/mol. The maximum absolute atomic E-state index is 13.1. The van der Waals surface area contributed by atoms with Crippen LogP contribution in [0.3, 0.4) is 0 Å². The number of carbonyl (C=O) groups excluding carboxylic acids is 1. The lowest BCUT2D eigenvalue weighted by molar-refractivity contribution is -0.0884. The minimum atomic E-state index is -4.95. The Morgan fingerprint density at radius 3 is 2.31 bits per heavy atom. The van der Waals surface area contributed by atoms with Gasteiger partial charge in [-0.15, -0.1) is 0 Å². The number of Topliss-reactive ketones (excluding diaryl/α,β-unsaturated/α-hetero) is 1. The van der Waals surface area contributed by atoms with E-state index >= 15 is 0 Å². The topological polar surface area (TPSA) is 32.9 Å². The molecule has 26 heavy (non-hydrogen) atoms. The van der Waals surface area contributed by atoms with Gasteiger partial charge in [0.05, 0.1) is 5.56 Å². The fourth-order valence-corrected chi connectivity index (χ4v) is 3.77. The second-order valence-corrected chi connectivity index (χ2v) is 7.56. The maximum Gasteiger partial charge on any atom is 0.454 e. The van der Waals surface area contributed by atoms with E-state index in [1.54, 1.807) is 30.3 Å². The number of carbonyl (C=O) groups is 1. The molecule has 0 bridgehead atoms. The zero-order valence-electron chi connectivity index (χ0n) is 13.1. The summed E-state index contributed by atoms with van der Waals surface area (Å²) in [5.41, 5.74) is 1.13. The molecule has 0 fully saturated rings. The van der Waals surface area contributed by atoms with E-state index in [0.717, 1.165) is 5.56 Å². The van der Waals surface area contributed by atoms with Crippen molar-refractivity contribution in [2.45, 2.75) is 19.0 Å². The number of halogens is 6. The molecule has 1 heterocycles. The summed E-state index contributed by atoms with van der Waals surface area (Å²) in [7, 11) is 0. The Hall–Kier alpha value is -1.50. The Bertz CT molecular complexity index is 978. The van der Waals surface area contributed by atoms with Gasteiger partial charge in [-0.2, -0.15) is 13.2 Å². The third-order valence-corrected chi connectivity index (χ3v) is 4.84. The largest absolute Gasteiger partial charge is 0.454 e. The number of fused-ring (bicyclic) bond motifs is 1. The van der Waals surface area contributed by atoms with Crippen molar-refractivity contribution in [1.29, 1.82) is 0 Å². The SMILES string of the molecule is O=C(c1c(CCc2cc(Cl)cc(Cl)c2)[nH]c2cc(Br)ccc12)C(F)(F)F. The first-order valence-corrected chi connectivity index (χ1v) is 9.06. The summed E-state index contributed by atoms with van der Waals surface area (Å²) in [6, 6.07) is 9.70. The highest BCUT2D eigenvalue weighted by Crippen LogP contribution is 2.32. The van der Waals surface area contributed by atoms with Crippen molar-refractivity contribution in [1.82, 2.24) is 4.98 Å². The molecule has 3 rings (SSSR count). The standard InChI is InChI=1S/C18H11BrCl2F3NO/c19-10-2-3-13-15(7-10)25-14(16(13)17(26)18(22,23)24)4-1-9-5-11(20)8-12(21)6-9/h2-3,5-8,25H,1,4H2. The van der Waals surface area contributed by atoms with E-state index < -0.39 is 12.0 Å². The third kappa shape index (κ3) is 4.08. The first-order chi connectivity index (χ1) is 12.1. The van der Waals surface area contributed by atoms with Crippen molar-refractivity contribution >= 4 is 55.8 Å². The highest BCUT2D eigenvalue weighted by Gasteiger charge is 2.41. The summed E-state index contributed by atoms with van der Waals surface area (Å²) in [4.78, 5) is 14.9. The van der Waals surface area contributed by atoms with Crippen molar-refractivity contribution in [3.8, 4) is 0 Å². The first-order valence-electron chi connectivity index (χ1n) is 7.52. The summed E-state index contributed by atoms with van der Waals surface area (Å²) in [5, 5.41) is 1.13. The number of benzene rings is 2. The van der Waals surface area contributed by atoms with Gasteiger partial charge >= 0.3 is 6.18 Å². The molecule has 0 spiro atoms. The number of H-pyrrole nitrogens is 1. The number of ketones is 1. The Kier molecular flexibility index (Phi) is 5.37. The number of alkyl halides is 3. The van der Waals surface area contributed by atoms with Crippen LogP contribution < -0.4 is 0 Å². The van der Waals surface area contributed by atoms with E-state index in [0.29, 0.717) is 26.5 Å². The van der Waals surface area contributed by atoms with Crippen molar-refractivity contribution < 1.29 is 18.0 Å². The van der Waals surface area contributed by atoms with Gasteiger partial charge in [0.15, 0.2) is 0 Å². The van der Waals surface area contributed by atoms with Gasteiger partial charge in [0, 0.05) is 31.1 Å². The van der Waals surface area contributed by atoms with Gasteiger partial charge in [0.25, 0.3) is 5.78 Å². The quantitative estimate of drug-likeness (QED) is 0.424. The molecule has 8 heteroatoms. The predicted octanol–water partition coefficient (Wildman–Crippen LogP) is 6.77. The van der Waals surface area contributed by atoms with Crippen LogP contribution in [0, 0.1) is 0 Å². The van der Waals surface area contributed by atoms with Crippen molar-refractivity contribution in [3.05, 3.63) is 67.7 Å². The summed E-state index contributed by atoms with van der Waals surface area (Å²) in [6.45, 7) is 0. The Morgan fingerprint density at radius 2 is 1.69 bits per heavy atom. The van der Waals surface area contributed by atoms with E-state index in [1.165, 1.54) is 6.07 Å². The normalized spacial score (nSPS) is 11.9. The third-order valence-electron chi connectivity index (χ3n) is 3.91. The highest BCUT2D eigenvalue weighted by atomic mass is 79.9. The van der Waals surface area contributed by atoms with Crippen LogP contribution in [-0.4, -0.2) is 16.9 Å². The lowest BCUT2D eigenvalue weighted by atomic mass is 10.0. The second kappa shape index (κ2) is 7.25. The molecule has 2 aromatic carbocycles. The number of aromatic amines is 1. The Morgan fingerprint density at radius 1 is 1.04 bits per heavy atom. The van der Waals surface area contributed by atoms with Crippen LogP contribution in [0.4, 0.5) is 13.2 Å². The van der Waals surface area contributed by atoms with Gasteiger partial charge in [0.2, 0.25) is 0 Å². The minimum absolute atomic E-state index is 0.208. The maximum atomic E-state index is 13.1. The van der Waals surface area contributed by atoms with Crippen molar-refractivity contribution in [2.24, 2.45) is 0 Å². The fraction of sp³-hybridized carbons (Fsp3) is 0.167. The van der Waals surface area contributed by atoms with Gasteiger partial charge < -0.3 is 4.98 Å². The smallest absolute Gasteiger partial charge is 0.358 e. The van der Waals surface area contributed by atoms with Gasteiger partial charge in [-0.25, -0.2) is 0 Å². The molecule has 0 aliphatic heterocycles. The number of hydrogen-bond acceptors (Lipinski definition) is 1. The van der Waals surface area contributed by atoms with Crippen LogP contribution in [0.2, 0.25) is 10.0 Å². The summed E-state index contributed by atoms with van der Waals surface area (Å²) >= 11 is 15.2. The molecule has 0 atom stereocenters. The van der Waals surface area contributed by atoms with Gasteiger partial charge in [-0.05, 0) is 48.7 Å². The Labute approximate surface area is 165 Å². The number of aryl methyl sites for hydroxylation is 2. The van der Waals surface area contributed by atoms with Crippen LogP contribution in [-0.2, 0) is 12.8 Å². The number of nitrogens with one attached hydrogen (secondary N) is 1. The zero-order chi connectivity index (χ0) is 19.1. The molecular formula is C18H11BrCl2F3NO. The van der Waals surface area contributed by atoms with Gasteiger partial charge in [-0.1, -0.05) is 45.2 Å². The van der Waals surface area contributed by atoms with Crippen molar-refractivity contribution in [3.63, 3.8) is 0 Å². The average molecular weight is 465 g/mol. The molecule has 1 aromatic heterocycles. The van der Waals surface area contributed by atoms with E-state index in [9.17, 15) is 18.0 Å².